The molecule has 5 aromatic carbocycles. The number of halogens is 8. The van der Waals surface area contributed by atoms with E-state index >= 15 is 35.1 Å². The maximum absolute atomic E-state index is 16.2. The summed E-state index contributed by atoms with van der Waals surface area (Å²) in [5, 5.41) is 101. The summed E-state index contributed by atoms with van der Waals surface area (Å²) in [6.07, 6.45) is 0. The van der Waals surface area contributed by atoms with Gasteiger partial charge in [-0.1, -0.05) is 0 Å². The third-order valence-corrected chi connectivity index (χ3v) is 10.4. The number of hydrogen-bond acceptors (Lipinski definition) is 10. The number of allylic oxidation sites excluding steroid dienone is 8. The number of fused-ring (bicyclic) bond motifs is 2. The number of rotatable bonds is 4. The van der Waals surface area contributed by atoms with Gasteiger partial charge in [-0.05, 0) is 70.8 Å². The highest BCUT2D eigenvalue weighted by Crippen LogP contribution is 2.57. The molecule has 0 N–H and O–H groups in total. The standard InChI is InChI=1S/C48H8F8N10/c49-41-33(17-65)42(50)46(54)39(45(41)53)37-31(15-63)25-8-28-26(7-27(25)35(37)29(13-61)23-3-19(9-57)1-20(4-23)10-58)32(16-64)38(40-47(55)43(51)34(18-66)44(52)48(40)56)36(28)30(14-62)24-5-21(11-59)2-22(6-24)12-60/h1-8H/b35-29-,36-30-. The highest BCUT2D eigenvalue weighted by molar-refractivity contribution is 6.34. The van der Waals surface area contributed by atoms with Crippen LogP contribution in [0.5, 0.6) is 0 Å². The summed E-state index contributed by atoms with van der Waals surface area (Å²) >= 11 is 0. The first-order chi connectivity index (χ1) is 31.6. The van der Waals surface area contributed by atoms with Gasteiger partial charge >= 0.3 is 0 Å². The van der Waals surface area contributed by atoms with Crippen LogP contribution in [0.1, 0.15) is 77.9 Å². The predicted molar refractivity (Wildman–Crippen MR) is 210 cm³/mol. The average molecular weight is 877 g/mol. The minimum Gasteiger partial charge on any atom is -0.203 e. The Bertz CT molecular complexity index is 3430. The number of hydrogen-bond donors (Lipinski definition) is 0. The molecule has 66 heavy (non-hydrogen) atoms. The van der Waals surface area contributed by atoms with Gasteiger partial charge in [-0.25, -0.2) is 35.1 Å². The fourth-order valence-electron chi connectivity index (χ4n) is 7.70. The van der Waals surface area contributed by atoms with Crippen LogP contribution in [0.3, 0.4) is 0 Å². The lowest BCUT2D eigenvalue weighted by Crippen LogP contribution is -2.07. The van der Waals surface area contributed by atoms with Crippen LogP contribution in [-0.2, 0) is 0 Å². The number of nitriles is 10. The van der Waals surface area contributed by atoms with Gasteiger partial charge in [0.1, 0.15) is 47.5 Å². The Labute approximate surface area is 365 Å². The summed E-state index contributed by atoms with van der Waals surface area (Å²) in [7, 11) is 0. The van der Waals surface area contributed by atoms with Crippen molar-refractivity contribution in [2.24, 2.45) is 0 Å². The van der Waals surface area contributed by atoms with Crippen molar-refractivity contribution in [1.29, 1.82) is 52.6 Å². The van der Waals surface area contributed by atoms with Gasteiger partial charge in [-0.15, -0.1) is 0 Å². The van der Waals surface area contributed by atoms with Gasteiger partial charge in [-0.3, -0.25) is 0 Å². The van der Waals surface area contributed by atoms with Crippen LogP contribution >= 0.6 is 0 Å². The molecule has 0 unspecified atom stereocenters. The third kappa shape index (κ3) is 6.23. The summed E-state index contributed by atoms with van der Waals surface area (Å²) in [5.41, 5.74) is -17.8. The van der Waals surface area contributed by atoms with Crippen LogP contribution < -0.4 is 0 Å². The second-order valence-electron chi connectivity index (χ2n) is 13.7. The molecule has 10 nitrogen and oxygen atoms in total. The summed E-state index contributed by atoms with van der Waals surface area (Å²) < 4.78 is 127. The van der Waals surface area contributed by atoms with Gasteiger partial charge in [-0.2, -0.15) is 52.6 Å². The molecule has 0 heterocycles. The van der Waals surface area contributed by atoms with Crippen LogP contribution in [0, 0.1) is 160 Å². The normalized spacial score (nSPS) is 13.5. The SMILES string of the molecule is N#CC1=C(c2c(F)c(F)c(C#N)c(F)c2F)/C(=C(/C#N)c2cc(C#N)cc(C#N)c2)c2cc3c(cc21)/C(=C(\C#N)c1cc(C#N)cc(C#N)c1)C(c1c(F)c(F)c(C#N)c(F)c1F)=C3C#N. The van der Waals surface area contributed by atoms with Gasteiger partial charge in [0.25, 0.3) is 0 Å². The maximum Gasteiger partial charge on any atom is 0.180 e. The van der Waals surface area contributed by atoms with E-state index in [4.69, 9.17) is 0 Å². The largest absolute Gasteiger partial charge is 0.203 e. The molecular weight excluding hydrogens is 869 g/mol. The smallest absolute Gasteiger partial charge is 0.180 e. The van der Waals surface area contributed by atoms with E-state index in [9.17, 15) is 52.6 Å². The van der Waals surface area contributed by atoms with Crippen molar-refractivity contribution >= 4 is 44.6 Å². The average Bonchev–Trinajstić information content (AvgIpc) is 3.80. The Kier molecular flexibility index (Phi) is 10.8. The van der Waals surface area contributed by atoms with Crippen molar-refractivity contribution in [2.75, 3.05) is 0 Å². The van der Waals surface area contributed by atoms with Crippen molar-refractivity contribution in [3.63, 3.8) is 0 Å². The maximum atomic E-state index is 16.2. The third-order valence-electron chi connectivity index (χ3n) is 10.4. The van der Waals surface area contributed by atoms with Crippen LogP contribution in [-0.4, -0.2) is 0 Å². The molecule has 0 spiro atoms. The molecule has 0 radical (unpaired) electrons. The highest BCUT2D eigenvalue weighted by Gasteiger charge is 2.42. The zero-order chi connectivity index (χ0) is 48.0. The summed E-state index contributed by atoms with van der Waals surface area (Å²) in [6, 6.07) is 23.6. The molecule has 2 aliphatic rings. The molecular formula is C48H8F8N10. The summed E-state index contributed by atoms with van der Waals surface area (Å²) in [6.45, 7) is 0. The molecule has 2 aliphatic carbocycles. The molecule has 0 saturated carbocycles. The lowest BCUT2D eigenvalue weighted by Gasteiger charge is -2.16. The Hall–Kier alpha value is -10.6. The second-order valence-corrected chi connectivity index (χ2v) is 13.7. The Morgan fingerprint density at radius 1 is 0.318 bits per heavy atom. The first-order valence-electron chi connectivity index (χ1n) is 17.9. The lowest BCUT2D eigenvalue weighted by atomic mass is 9.86. The molecule has 5 aromatic rings. The molecule has 0 fully saturated rings. The summed E-state index contributed by atoms with van der Waals surface area (Å²) in [4.78, 5) is 0. The van der Waals surface area contributed by atoms with Gasteiger partial charge in [0.15, 0.2) is 46.5 Å². The Balaban J connectivity index is 1.77. The second kappa shape index (κ2) is 16.4. The van der Waals surface area contributed by atoms with Crippen molar-refractivity contribution in [3.8, 4) is 60.7 Å². The van der Waals surface area contributed by atoms with Crippen molar-refractivity contribution in [2.45, 2.75) is 0 Å². The van der Waals surface area contributed by atoms with E-state index < -0.39 is 136 Å². The Morgan fingerprint density at radius 2 is 0.606 bits per heavy atom. The predicted octanol–water partition coefficient (Wildman–Crippen LogP) is 9.79. The van der Waals surface area contributed by atoms with Crippen molar-refractivity contribution < 1.29 is 35.1 Å². The molecule has 0 atom stereocenters. The minimum atomic E-state index is -2.25. The quantitative estimate of drug-likeness (QED) is 0.0940. The topological polar surface area (TPSA) is 238 Å². The molecule has 0 aromatic heterocycles. The van der Waals surface area contributed by atoms with Gasteiger partial charge in [0, 0.05) is 33.4 Å². The van der Waals surface area contributed by atoms with Crippen LogP contribution in [0.15, 0.2) is 48.5 Å². The Morgan fingerprint density at radius 3 is 0.833 bits per heavy atom. The molecule has 0 saturated heterocycles. The van der Waals surface area contributed by atoms with E-state index in [1.54, 1.807) is 48.6 Å². The molecule has 0 bridgehead atoms. The zero-order valence-corrected chi connectivity index (χ0v) is 32.1. The van der Waals surface area contributed by atoms with Gasteiger partial charge in [0.2, 0.25) is 0 Å². The summed E-state index contributed by atoms with van der Waals surface area (Å²) in [5.74, 6) is -18.0. The van der Waals surface area contributed by atoms with Gasteiger partial charge in [0.05, 0.1) is 80.0 Å². The zero-order valence-electron chi connectivity index (χ0n) is 32.1. The van der Waals surface area contributed by atoms with E-state index in [2.05, 4.69) is 0 Å². The van der Waals surface area contributed by atoms with E-state index in [1.807, 2.05) is 0 Å². The van der Waals surface area contributed by atoms with E-state index in [-0.39, 0.29) is 33.4 Å². The van der Waals surface area contributed by atoms with E-state index in [1.165, 1.54) is 0 Å². The highest BCUT2D eigenvalue weighted by atomic mass is 19.2. The molecule has 306 valence electrons. The van der Waals surface area contributed by atoms with Gasteiger partial charge < -0.3 is 0 Å². The van der Waals surface area contributed by atoms with E-state index in [0.29, 0.717) is 0 Å². The fraction of sp³-hybridized carbons (Fsp3) is 0. The number of nitrogens with zero attached hydrogens (tertiary/aromatic N) is 10. The van der Waals surface area contributed by atoms with Crippen LogP contribution in [0.4, 0.5) is 35.1 Å². The lowest BCUT2D eigenvalue weighted by molar-refractivity contribution is 0.447. The number of benzene rings is 5. The van der Waals surface area contributed by atoms with Crippen LogP contribution in [0.2, 0.25) is 0 Å². The molecule has 7 rings (SSSR count). The first-order valence-corrected chi connectivity index (χ1v) is 17.9. The molecule has 0 amide bonds. The minimum absolute atomic E-state index is 0.271. The fourth-order valence-corrected chi connectivity index (χ4v) is 7.70. The monoisotopic (exact) mass is 876 g/mol. The van der Waals surface area contributed by atoms with E-state index in [0.717, 1.165) is 60.7 Å². The molecule has 0 aliphatic heterocycles. The van der Waals surface area contributed by atoms with Crippen molar-refractivity contribution in [3.05, 3.63) is 173 Å². The molecule has 18 heteroatoms. The first kappa shape index (κ1) is 43.5. The van der Waals surface area contributed by atoms with Crippen LogP contribution in [0.25, 0.3) is 44.6 Å². The van der Waals surface area contributed by atoms with Crippen molar-refractivity contribution in [1.82, 2.24) is 0 Å².